The SMILES string of the molecule is C=CCn1c(C(=O)N2CCN(CCC)CC2)cc2oc(Br)cc21. The summed E-state index contributed by atoms with van der Waals surface area (Å²) in [7, 11) is 0. The maximum atomic E-state index is 12.9. The Balaban J connectivity index is 1.82. The van der Waals surface area contributed by atoms with Crippen molar-refractivity contribution in [3.63, 3.8) is 0 Å². The van der Waals surface area contributed by atoms with E-state index in [0.717, 1.165) is 50.2 Å². The summed E-state index contributed by atoms with van der Waals surface area (Å²) in [5.74, 6) is 0.0746. The highest BCUT2D eigenvalue weighted by molar-refractivity contribution is 9.10. The van der Waals surface area contributed by atoms with Crippen LogP contribution in [0.4, 0.5) is 0 Å². The Morgan fingerprint density at radius 3 is 2.74 bits per heavy atom. The molecule has 1 saturated heterocycles. The van der Waals surface area contributed by atoms with Crippen LogP contribution in [0.1, 0.15) is 23.8 Å². The molecule has 3 heterocycles. The summed E-state index contributed by atoms with van der Waals surface area (Å²) >= 11 is 3.34. The van der Waals surface area contributed by atoms with E-state index in [1.807, 2.05) is 21.6 Å². The molecule has 0 bridgehead atoms. The normalized spacial score (nSPS) is 16.2. The van der Waals surface area contributed by atoms with E-state index < -0.39 is 0 Å². The van der Waals surface area contributed by atoms with Gasteiger partial charge in [0, 0.05) is 44.9 Å². The van der Waals surface area contributed by atoms with Gasteiger partial charge in [-0.25, -0.2) is 0 Å². The summed E-state index contributed by atoms with van der Waals surface area (Å²) in [5.41, 5.74) is 2.33. The number of rotatable bonds is 5. The third-order valence-corrected chi connectivity index (χ3v) is 4.68. The summed E-state index contributed by atoms with van der Waals surface area (Å²) in [4.78, 5) is 17.3. The number of halogens is 1. The van der Waals surface area contributed by atoms with Gasteiger partial charge in [0.15, 0.2) is 10.3 Å². The number of aromatic nitrogens is 1. The molecular formula is C17H22BrN3O2. The highest BCUT2D eigenvalue weighted by Crippen LogP contribution is 2.28. The van der Waals surface area contributed by atoms with Crippen LogP contribution in [0.5, 0.6) is 0 Å². The lowest BCUT2D eigenvalue weighted by atomic mass is 10.2. The lowest BCUT2D eigenvalue weighted by Gasteiger charge is -2.34. The zero-order valence-electron chi connectivity index (χ0n) is 13.4. The fourth-order valence-electron chi connectivity index (χ4n) is 3.17. The summed E-state index contributed by atoms with van der Waals surface area (Å²) < 4.78 is 8.25. The number of hydrogen-bond acceptors (Lipinski definition) is 3. The molecule has 0 radical (unpaired) electrons. The van der Waals surface area contributed by atoms with E-state index in [-0.39, 0.29) is 5.91 Å². The van der Waals surface area contributed by atoms with Crippen molar-refractivity contribution in [2.45, 2.75) is 19.9 Å². The molecule has 5 nitrogen and oxygen atoms in total. The van der Waals surface area contributed by atoms with Gasteiger partial charge in [-0.1, -0.05) is 13.0 Å². The Kier molecular flexibility index (Phi) is 4.92. The third kappa shape index (κ3) is 3.23. The van der Waals surface area contributed by atoms with E-state index in [4.69, 9.17) is 4.42 Å². The minimum absolute atomic E-state index is 0.0746. The number of piperazine rings is 1. The van der Waals surface area contributed by atoms with Gasteiger partial charge in [0.2, 0.25) is 0 Å². The molecular weight excluding hydrogens is 358 g/mol. The average Bonchev–Trinajstić information content (AvgIpc) is 3.05. The lowest BCUT2D eigenvalue weighted by molar-refractivity contribution is 0.0628. The first kappa shape index (κ1) is 16.3. The van der Waals surface area contributed by atoms with Gasteiger partial charge in [-0.15, -0.1) is 6.58 Å². The second-order valence-electron chi connectivity index (χ2n) is 5.86. The van der Waals surface area contributed by atoms with Crippen LogP contribution in [-0.4, -0.2) is 53.0 Å². The van der Waals surface area contributed by atoms with Crippen molar-refractivity contribution >= 4 is 32.9 Å². The number of amides is 1. The zero-order chi connectivity index (χ0) is 16.4. The minimum atomic E-state index is 0.0746. The van der Waals surface area contributed by atoms with Crippen molar-refractivity contribution in [2.24, 2.45) is 0 Å². The van der Waals surface area contributed by atoms with Gasteiger partial charge >= 0.3 is 0 Å². The van der Waals surface area contributed by atoms with Gasteiger partial charge in [0.25, 0.3) is 5.91 Å². The van der Waals surface area contributed by atoms with E-state index in [1.165, 1.54) is 0 Å². The van der Waals surface area contributed by atoms with Crippen LogP contribution in [-0.2, 0) is 6.54 Å². The van der Waals surface area contributed by atoms with Crippen LogP contribution < -0.4 is 0 Å². The topological polar surface area (TPSA) is 41.6 Å². The van der Waals surface area contributed by atoms with Crippen LogP contribution in [0.15, 0.2) is 33.9 Å². The first-order chi connectivity index (χ1) is 11.1. The van der Waals surface area contributed by atoms with Crippen LogP contribution in [0.3, 0.4) is 0 Å². The highest BCUT2D eigenvalue weighted by atomic mass is 79.9. The van der Waals surface area contributed by atoms with Crippen LogP contribution in [0.2, 0.25) is 0 Å². The molecule has 0 saturated carbocycles. The molecule has 0 spiro atoms. The van der Waals surface area contributed by atoms with E-state index in [0.29, 0.717) is 16.9 Å². The van der Waals surface area contributed by atoms with E-state index in [9.17, 15) is 4.79 Å². The van der Waals surface area contributed by atoms with Crippen molar-refractivity contribution in [1.82, 2.24) is 14.4 Å². The Morgan fingerprint density at radius 2 is 2.09 bits per heavy atom. The molecule has 2 aromatic heterocycles. The summed E-state index contributed by atoms with van der Waals surface area (Å²) in [6, 6.07) is 3.74. The van der Waals surface area contributed by atoms with Gasteiger partial charge in [-0.3, -0.25) is 9.69 Å². The summed E-state index contributed by atoms with van der Waals surface area (Å²) in [5, 5.41) is 0. The van der Waals surface area contributed by atoms with Crippen LogP contribution in [0.25, 0.3) is 11.1 Å². The second kappa shape index (κ2) is 6.93. The monoisotopic (exact) mass is 379 g/mol. The van der Waals surface area contributed by atoms with Gasteiger partial charge < -0.3 is 13.9 Å². The lowest BCUT2D eigenvalue weighted by Crippen LogP contribution is -2.49. The van der Waals surface area contributed by atoms with E-state index in [1.54, 1.807) is 6.08 Å². The highest BCUT2D eigenvalue weighted by Gasteiger charge is 2.25. The molecule has 3 rings (SSSR count). The number of carbonyl (C=O) groups excluding carboxylic acids is 1. The van der Waals surface area contributed by atoms with Gasteiger partial charge in [0.05, 0.1) is 5.52 Å². The zero-order valence-corrected chi connectivity index (χ0v) is 15.0. The molecule has 0 atom stereocenters. The smallest absolute Gasteiger partial charge is 0.270 e. The minimum Gasteiger partial charge on any atom is -0.448 e. The number of furan rings is 1. The predicted molar refractivity (Wildman–Crippen MR) is 94.7 cm³/mol. The van der Waals surface area contributed by atoms with Crippen molar-refractivity contribution in [1.29, 1.82) is 0 Å². The molecule has 0 N–H and O–H groups in total. The maximum absolute atomic E-state index is 12.9. The fourth-order valence-corrected chi connectivity index (χ4v) is 3.56. The summed E-state index contributed by atoms with van der Waals surface area (Å²) in [6.07, 6.45) is 2.96. The molecule has 2 aromatic rings. The molecule has 0 unspecified atom stereocenters. The van der Waals surface area contributed by atoms with Gasteiger partial charge in [-0.2, -0.15) is 0 Å². The molecule has 1 fully saturated rings. The Bertz CT molecular complexity index is 711. The van der Waals surface area contributed by atoms with Crippen LogP contribution >= 0.6 is 15.9 Å². The summed E-state index contributed by atoms with van der Waals surface area (Å²) in [6.45, 7) is 11.1. The molecule has 1 amide bonds. The van der Waals surface area contributed by atoms with E-state index in [2.05, 4.69) is 34.3 Å². The molecule has 23 heavy (non-hydrogen) atoms. The molecule has 1 aliphatic rings. The predicted octanol–water partition coefficient (Wildman–Crippen LogP) is 3.35. The van der Waals surface area contributed by atoms with Crippen molar-refractivity contribution in [3.8, 4) is 0 Å². The molecule has 0 aliphatic carbocycles. The first-order valence-electron chi connectivity index (χ1n) is 8.05. The quantitative estimate of drug-likeness (QED) is 0.748. The number of carbonyl (C=O) groups is 1. The van der Waals surface area contributed by atoms with Crippen molar-refractivity contribution in [3.05, 3.63) is 35.2 Å². The fraction of sp³-hybridized carbons (Fsp3) is 0.471. The maximum Gasteiger partial charge on any atom is 0.270 e. The van der Waals surface area contributed by atoms with E-state index >= 15 is 0 Å². The molecule has 6 heteroatoms. The average molecular weight is 380 g/mol. The van der Waals surface area contributed by atoms with Crippen LogP contribution in [0, 0.1) is 0 Å². The number of fused-ring (bicyclic) bond motifs is 1. The molecule has 1 aliphatic heterocycles. The van der Waals surface area contributed by atoms with Gasteiger partial charge in [0.1, 0.15) is 5.69 Å². The number of nitrogens with zero attached hydrogens (tertiary/aromatic N) is 3. The largest absolute Gasteiger partial charge is 0.448 e. The Morgan fingerprint density at radius 1 is 1.35 bits per heavy atom. The number of allylic oxidation sites excluding steroid dienone is 1. The second-order valence-corrected chi connectivity index (χ2v) is 6.64. The standard InChI is InChI=1S/C17H22BrN3O2/c1-3-5-19-7-9-20(10-8-19)17(22)14-11-15-13(12-16(18)23-15)21(14)6-4-2/h4,11-12H,2-3,5-10H2,1H3. The number of hydrogen-bond donors (Lipinski definition) is 0. The van der Waals surface area contributed by atoms with Crippen molar-refractivity contribution < 1.29 is 9.21 Å². The van der Waals surface area contributed by atoms with Crippen molar-refractivity contribution in [2.75, 3.05) is 32.7 Å². The molecule has 0 aromatic carbocycles. The molecule has 124 valence electrons. The van der Waals surface area contributed by atoms with Gasteiger partial charge in [-0.05, 0) is 28.9 Å². The third-order valence-electron chi connectivity index (χ3n) is 4.29. The Hall–Kier alpha value is -1.53. The Labute approximate surface area is 144 Å². The first-order valence-corrected chi connectivity index (χ1v) is 8.84.